The van der Waals surface area contributed by atoms with Gasteiger partial charge in [-0.05, 0) is 37.5 Å². The van der Waals surface area contributed by atoms with Gasteiger partial charge in [0.05, 0.1) is 24.9 Å². The Labute approximate surface area is 123 Å². The Hall–Kier alpha value is -2.30. The third kappa shape index (κ3) is 2.51. The van der Waals surface area contributed by atoms with Crippen molar-refractivity contribution < 1.29 is 9.53 Å². The molecule has 1 aromatic heterocycles. The third-order valence-corrected chi connectivity index (χ3v) is 4.07. The average Bonchev–Trinajstić information content (AvgIpc) is 3.15. The minimum atomic E-state index is 0.0552. The molecule has 2 heterocycles. The number of hydrogen-bond donors (Lipinski definition) is 1. The lowest BCUT2D eigenvalue weighted by atomic mass is 10.0. The molecule has 1 amide bonds. The number of hydrogen-bond acceptors (Lipinski definition) is 3. The van der Waals surface area contributed by atoms with E-state index in [1.165, 1.54) is 0 Å². The van der Waals surface area contributed by atoms with Crippen molar-refractivity contribution in [2.24, 2.45) is 0 Å². The maximum Gasteiger partial charge on any atom is 0.257 e. The molecular weight excluding hydrogens is 266 g/mol. The molecule has 0 spiro atoms. The molecule has 1 unspecified atom stereocenters. The molecule has 1 fully saturated rings. The summed E-state index contributed by atoms with van der Waals surface area (Å²) in [6.45, 7) is 2.67. The Morgan fingerprint density at radius 3 is 2.76 bits per heavy atom. The molecule has 0 bridgehead atoms. The van der Waals surface area contributed by atoms with E-state index in [1.54, 1.807) is 13.3 Å². The number of carbonyl (C=O) groups is 1. The van der Waals surface area contributed by atoms with Crippen LogP contribution in [0.1, 0.15) is 40.5 Å². The number of benzene rings is 1. The Bertz CT molecular complexity index is 633. The van der Waals surface area contributed by atoms with E-state index in [-0.39, 0.29) is 11.9 Å². The zero-order valence-corrected chi connectivity index (χ0v) is 12.3. The van der Waals surface area contributed by atoms with Crippen molar-refractivity contribution >= 4 is 5.91 Å². The van der Waals surface area contributed by atoms with Crippen LogP contribution in [0.25, 0.3) is 0 Å². The van der Waals surface area contributed by atoms with Crippen LogP contribution in [0.4, 0.5) is 0 Å². The second-order valence-electron chi connectivity index (χ2n) is 5.34. The number of carbonyl (C=O) groups excluding carboxylic acids is 1. The fourth-order valence-corrected chi connectivity index (χ4v) is 2.90. The average molecular weight is 285 g/mol. The van der Waals surface area contributed by atoms with E-state index in [0.717, 1.165) is 36.4 Å². The number of nitrogens with one attached hydrogen (secondary N) is 1. The quantitative estimate of drug-likeness (QED) is 0.943. The van der Waals surface area contributed by atoms with Gasteiger partial charge in [0.1, 0.15) is 5.75 Å². The lowest BCUT2D eigenvalue weighted by molar-refractivity contribution is 0.0735. The molecule has 0 aliphatic carbocycles. The molecule has 1 saturated heterocycles. The number of aromatic nitrogens is 2. The summed E-state index contributed by atoms with van der Waals surface area (Å²) in [5.41, 5.74) is 2.64. The van der Waals surface area contributed by atoms with Gasteiger partial charge in [0.2, 0.25) is 0 Å². The van der Waals surface area contributed by atoms with E-state index in [2.05, 4.69) is 10.2 Å². The summed E-state index contributed by atoms with van der Waals surface area (Å²) in [5, 5.41) is 6.77. The number of amides is 1. The van der Waals surface area contributed by atoms with Crippen molar-refractivity contribution in [2.75, 3.05) is 13.7 Å². The summed E-state index contributed by atoms with van der Waals surface area (Å²) in [7, 11) is 1.65. The Morgan fingerprint density at radius 1 is 1.38 bits per heavy atom. The second-order valence-corrected chi connectivity index (χ2v) is 5.34. The van der Waals surface area contributed by atoms with Gasteiger partial charge in [-0.25, -0.2) is 0 Å². The van der Waals surface area contributed by atoms with Gasteiger partial charge in [-0.2, -0.15) is 5.10 Å². The Kier molecular flexibility index (Phi) is 3.64. The number of H-pyrrole nitrogens is 1. The third-order valence-electron chi connectivity index (χ3n) is 4.07. The number of aromatic amines is 1. The largest absolute Gasteiger partial charge is 0.497 e. The van der Waals surface area contributed by atoms with Gasteiger partial charge in [0.25, 0.3) is 5.91 Å². The Balaban J connectivity index is 1.85. The van der Waals surface area contributed by atoms with Crippen LogP contribution in [0.5, 0.6) is 5.75 Å². The number of aryl methyl sites for hydroxylation is 1. The first-order valence-corrected chi connectivity index (χ1v) is 7.15. The minimum Gasteiger partial charge on any atom is -0.497 e. The molecule has 2 aromatic rings. The standard InChI is InChI=1S/C16H19N3O2/c1-11-14(10-17-18-11)16(20)19-9-3-4-15(19)12-5-7-13(21-2)8-6-12/h5-8,10,15H,3-4,9H2,1-2H3,(H,17,18). The van der Waals surface area contributed by atoms with E-state index in [1.807, 2.05) is 36.1 Å². The fraction of sp³-hybridized carbons (Fsp3) is 0.375. The first-order valence-electron chi connectivity index (χ1n) is 7.15. The van der Waals surface area contributed by atoms with Crippen LogP contribution in [0, 0.1) is 6.92 Å². The van der Waals surface area contributed by atoms with E-state index in [4.69, 9.17) is 4.74 Å². The number of likely N-dealkylation sites (tertiary alicyclic amines) is 1. The van der Waals surface area contributed by atoms with Gasteiger partial charge < -0.3 is 9.64 Å². The molecule has 1 atom stereocenters. The zero-order chi connectivity index (χ0) is 14.8. The van der Waals surface area contributed by atoms with Crippen molar-refractivity contribution in [3.63, 3.8) is 0 Å². The second kappa shape index (κ2) is 5.60. The highest BCUT2D eigenvalue weighted by Gasteiger charge is 2.31. The van der Waals surface area contributed by atoms with E-state index < -0.39 is 0 Å². The lowest BCUT2D eigenvalue weighted by Crippen LogP contribution is -2.30. The highest BCUT2D eigenvalue weighted by Crippen LogP contribution is 2.34. The lowest BCUT2D eigenvalue weighted by Gasteiger charge is -2.25. The van der Waals surface area contributed by atoms with Gasteiger partial charge in [-0.15, -0.1) is 0 Å². The smallest absolute Gasteiger partial charge is 0.257 e. The van der Waals surface area contributed by atoms with Gasteiger partial charge in [-0.3, -0.25) is 9.89 Å². The Morgan fingerprint density at radius 2 is 2.14 bits per heavy atom. The topological polar surface area (TPSA) is 58.2 Å². The first kappa shape index (κ1) is 13.7. The monoisotopic (exact) mass is 285 g/mol. The minimum absolute atomic E-state index is 0.0552. The van der Waals surface area contributed by atoms with Crippen molar-refractivity contribution in [1.82, 2.24) is 15.1 Å². The van der Waals surface area contributed by atoms with Crippen molar-refractivity contribution in [3.8, 4) is 5.75 Å². The van der Waals surface area contributed by atoms with E-state index in [0.29, 0.717) is 5.56 Å². The predicted molar refractivity (Wildman–Crippen MR) is 79.3 cm³/mol. The van der Waals surface area contributed by atoms with Gasteiger partial charge >= 0.3 is 0 Å². The molecule has 1 aliphatic heterocycles. The maximum atomic E-state index is 12.7. The number of nitrogens with zero attached hydrogens (tertiary/aromatic N) is 2. The summed E-state index contributed by atoms with van der Waals surface area (Å²) >= 11 is 0. The van der Waals surface area contributed by atoms with Crippen LogP contribution in [-0.4, -0.2) is 34.7 Å². The van der Waals surface area contributed by atoms with Gasteiger partial charge in [0.15, 0.2) is 0 Å². The number of methoxy groups -OCH3 is 1. The summed E-state index contributed by atoms with van der Waals surface area (Å²) in [6.07, 6.45) is 3.63. The number of rotatable bonds is 3. The first-order chi connectivity index (χ1) is 10.2. The van der Waals surface area contributed by atoms with Crippen molar-refractivity contribution in [1.29, 1.82) is 0 Å². The highest BCUT2D eigenvalue weighted by atomic mass is 16.5. The molecule has 3 rings (SSSR count). The zero-order valence-electron chi connectivity index (χ0n) is 12.3. The number of ether oxygens (including phenoxy) is 1. The predicted octanol–water partition coefficient (Wildman–Crippen LogP) is 2.70. The van der Waals surface area contributed by atoms with Crippen LogP contribution in [0.15, 0.2) is 30.5 Å². The molecule has 21 heavy (non-hydrogen) atoms. The van der Waals surface area contributed by atoms with E-state index >= 15 is 0 Å². The van der Waals surface area contributed by atoms with Crippen LogP contribution in [-0.2, 0) is 0 Å². The molecule has 1 N–H and O–H groups in total. The summed E-state index contributed by atoms with van der Waals surface area (Å²) in [5.74, 6) is 0.889. The SMILES string of the molecule is COc1ccc(C2CCCN2C(=O)c2cn[nH]c2C)cc1. The molecule has 110 valence electrons. The molecular formula is C16H19N3O2. The summed E-state index contributed by atoms with van der Waals surface area (Å²) < 4.78 is 5.19. The summed E-state index contributed by atoms with van der Waals surface area (Å²) in [4.78, 5) is 14.6. The van der Waals surface area contributed by atoms with Gasteiger partial charge in [0, 0.05) is 12.2 Å². The van der Waals surface area contributed by atoms with Crippen LogP contribution in [0.3, 0.4) is 0 Å². The molecule has 5 heteroatoms. The summed E-state index contributed by atoms with van der Waals surface area (Å²) in [6, 6.07) is 8.10. The van der Waals surface area contributed by atoms with Crippen molar-refractivity contribution in [3.05, 3.63) is 47.3 Å². The van der Waals surface area contributed by atoms with E-state index in [9.17, 15) is 4.79 Å². The van der Waals surface area contributed by atoms with Crippen LogP contribution >= 0.6 is 0 Å². The molecule has 1 aliphatic rings. The van der Waals surface area contributed by atoms with Gasteiger partial charge in [-0.1, -0.05) is 12.1 Å². The maximum absolute atomic E-state index is 12.7. The normalized spacial score (nSPS) is 18.0. The molecule has 0 radical (unpaired) electrons. The van der Waals surface area contributed by atoms with Crippen molar-refractivity contribution in [2.45, 2.75) is 25.8 Å². The molecule has 5 nitrogen and oxygen atoms in total. The molecule has 1 aromatic carbocycles. The molecule has 0 saturated carbocycles. The highest BCUT2D eigenvalue weighted by molar-refractivity contribution is 5.95. The van der Waals surface area contributed by atoms with Crippen LogP contribution < -0.4 is 4.74 Å². The van der Waals surface area contributed by atoms with Crippen LogP contribution in [0.2, 0.25) is 0 Å². The fourth-order valence-electron chi connectivity index (χ4n) is 2.90.